The third-order valence-corrected chi connectivity index (χ3v) is 5.00. The standard InChI is InChI=1S/C18H32N4O4S.HI/c1-5-19-18(20-12-9-13-22-27(23,24)6-2)21-14-15(3)26-17-11-8-7-10-16(17)25-4;/h7-8,10-11,15,22H,5-6,9,12-14H2,1-4H3,(H2,19,20,21);1H. The van der Waals surface area contributed by atoms with Gasteiger partial charge < -0.3 is 20.1 Å². The van der Waals surface area contributed by atoms with Crippen LogP contribution in [0, 0.1) is 0 Å². The number of ether oxygens (including phenoxy) is 2. The van der Waals surface area contributed by atoms with Gasteiger partial charge in [-0.2, -0.15) is 0 Å². The van der Waals surface area contributed by atoms with Gasteiger partial charge in [0.15, 0.2) is 17.5 Å². The lowest BCUT2D eigenvalue weighted by Crippen LogP contribution is -2.39. The third-order valence-electron chi connectivity index (χ3n) is 3.60. The summed E-state index contributed by atoms with van der Waals surface area (Å²) in [7, 11) is -1.53. The van der Waals surface area contributed by atoms with E-state index in [1.165, 1.54) is 0 Å². The fourth-order valence-electron chi connectivity index (χ4n) is 2.16. The summed E-state index contributed by atoms with van der Waals surface area (Å²) in [5.74, 6) is 2.14. The van der Waals surface area contributed by atoms with Gasteiger partial charge in [0.25, 0.3) is 0 Å². The van der Waals surface area contributed by atoms with Gasteiger partial charge >= 0.3 is 0 Å². The normalized spacial score (nSPS) is 12.6. The molecule has 1 atom stereocenters. The predicted molar refractivity (Wildman–Crippen MR) is 125 cm³/mol. The van der Waals surface area contributed by atoms with Crippen LogP contribution in [0.25, 0.3) is 0 Å². The van der Waals surface area contributed by atoms with Gasteiger partial charge in [-0.25, -0.2) is 18.1 Å². The number of aliphatic imine (C=N–C) groups is 1. The van der Waals surface area contributed by atoms with Crippen molar-refractivity contribution in [2.75, 3.05) is 39.0 Å². The third kappa shape index (κ3) is 10.9. The molecule has 8 nitrogen and oxygen atoms in total. The van der Waals surface area contributed by atoms with E-state index in [0.717, 1.165) is 6.54 Å². The molecule has 1 rings (SSSR count). The van der Waals surface area contributed by atoms with Gasteiger partial charge in [0, 0.05) is 19.6 Å². The quantitative estimate of drug-likeness (QED) is 0.166. The number of nitrogens with zero attached hydrogens (tertiary/aromatic N) is 1. The number of para-hydroxylation sites is 2. The fourth-order valence-corrected chi connectivity index (χ4v) is 2.82. The second-order valence-electron chi connectivity index (χ2n) is 5.88. The van der Waals surface area contributed by atoms with E-state index in [4.69, 9.17) is 9.47 Å². The zero-order valence-electron chi connectivity index (χ0n) is 17.0. The average Bonchev–Trinajstić information content (AvgIpc) is 2.66. The summed E-state index contributed by atoms with van der Waals surface area (Å²) in [6.07, 6.45) is 0.532. The van der Waals surface area contributed by atoms with E-state index in [0.29, 0.717) is 43.5 Å². The van der Waals surface area contributed by atoms with Crippen LogP contribution in [0.2, 0.25) is 0 Å². The number of rotatable bonds is 12. The van der Waals surface area contributed by atoms with Crippen molar-refractivity contribution in [1.29, 1.82) is 0 Å². The van der Waals surface area contributed by atoms with Crippen LogP contribution in [0.4, 0.5) is 0 Å². The van der Waals surface area contributed by atoms with Crippen LogP contribution in [-0.2, 0) is 10.0 Å². The number of hydrogen-bond acceptors (Lipinski definition) is 5. The molecule has 1 unspecified atom stereocenters. The van der Waals surface area contributed by atoms with E-state index in [1.54, 1.807) is 14.0 Å². The summed E-state index contributed by atoms with van der Waals surface area (Å²) < 4.78 is 36.5. The van der Waals surface area contributed by atoms with E-state index < -0.39 is 10.0 Å². The highest BCUT2D eigenvalue weighted by atomic mass is 127. The Bertz CT molecular complexity index is 686. The molecular weight excluding hydrogens is 495 g/mol. The van der Waals surface area contributed by atoms with Crippen molar-refractivity contribution in [2.45, 2.75) is 33.3 Å². The molecule has 0 saturated heterocycles. The number of methoxy groups -OCH3 is 1. The molecule has 0 fully saturated rings. The van der Waals surface area contributed by atoms with E-state index in [9.17, 15) is 8.42 Å². The topological polar surface area (TPSA) is 101 Å². The Morgan fingerprint density at radius 3 is 2.43 bits per heavy atom. The monoisotopic (exact) mass is 528 g/mol. The molecular formula is C18H33IN4O4S. The van der Waals surface area contributed by atoms with E-state index in [-0.39, 0.29) is 35.8 Å². The fraction of sp³-hybridized carbons (Fsp3) is 0.611. The number of sulfonamides is 1. The van der Waals surface area contributed by atoms with Crippen molar-refractivity contribution in [1.82, 2.24) is 15.4 Å². The van der Waals surface area contributed by atoms with Crippen LogP contribution in [0.1, 0.15) is 27.2 Å². The molecule has 0 heterocycles. The lowest BCUT2D eigenvalue weighted by Gasteiger charge is -2.16. The second kappa shape index (κ2) is 14.7. The Balaban J connectivity index is 0.00000729. The van der Waals surface area contributed by atoms with Crippen molar-refractivity contribution in [3.63, 3.8) is 0 Å². The summed E-state index contributed by atoms with van der Waals surface area (Å²) in [6.45, 7) is 7.76. The van der Waals surface area contributed by atoms with Gasteiger partial charge in [0.2, 0.25) is 10.0 Å². The minimum absolute atomic E-state index is 0. The SMILES string of the molecule is CCNC(=NCC(C)Oc1ccccc1OC)NCCCNS(=O)(=O)CC.I. The van der Waals surface area contributed by atoms with Crippen molar-refractivity contribution >= 4 is 40.0 Å². The number of guanidine groups is 1. The maximum absolute atomic E-state index is 11.4. The van der Waals surface area contributed by atoms with Gasteiger partial charge in [-0.3, -0.25) is 0 Å². The predicted octanol–water partition coefficient (Wildman–Crippen LogP) is 1.96. The molecule has 0 bridgehead atoms. The molecule has 0 aromatic heterocycles. The minimum Gasteiger partial charge on any atom is -0.493 e. The molecule has 0 radical (unpaired) electrons. The van der Waals surface area contributed by atoms with Crippen molar-refractivity contribution in [3.8, 4) is 11.5 Å². The Labute approximate surface area is 185 Å². The number of benzene rings is 1. The second-order valence-corrected chi connectivity index (χ2v) is 7.97. The first kappa shape index (κ1) is 26.7. The van der Waals surface area contributed by atoms with Crippen LogP contribution in [0.5, 0.6) is 11.5 Å². The average molecular weight is 528 g/mol. The molecule has 0 aliphatic rings. The Morgan fingerprint density at radius 2 is 1.82 bits per heavy atom. The van der Waals surface area contributed by atoms with Crippen LogP contribution >= 0.6 is 24.0 Å². The van der Waals surface area contributed by atoms with Crippen LogP contribution in [-0.4, -0.2) is 59.5 Å². The molecule has 0 saturated carbocycles. The van der Waals surface area contributed by atoms with Crippen molar-refractivity contribution < 1.29 is 17.9 Å². The highest BCUT2D eigenvalue weighted by Crippen LogP contribution is 2.26. The minimum atomic E-state index is -3.14. The smallest absolute Gasteiger partial charge is 0.211 e. The van der Waals surface area contributed by atoms with Gasteiger partial charge in [-0.1, -0.05) is 12.1 Å². The highest BCUT2D eigenvalue weighted by molar-refractivity contribution is 14.0. The first-order valence-electron chi connectivity index (χ1n) is 9.21. The summed E-state index contributed by atoms with van der Waals surface area (Å²) >= 11 is 0. The Kier molecular flexibility index (Phi) is 14.0. The first-order valence-corrected chi connectivity index (χ1v) is 10.9. The maximum atomic E-state index is 11.4. The molecule has 0 spiro atoms. The molecule has 1 aromatic rings. The summed E-state index contributed by atoms with van der Waals surface area (Å²) in [5.41, 5.74) is 0. The molecule has 1 aromatic carbocycles. The van der Waals surface area contributed by atoms with Gasteiger partial charge in [0.05, 0.1) is 19.4 Å². The van der Waals surface area contributed by atoms with E-state index in [1.807, 2.05) is 38.1 Å². The summed E-state index contributed by atoms with van der Waals surface area (Å²) in [4.78, 5) is 4.52. The first-order chi connectivity index (χ1) is 12.9. The van der Waals surface area contributed by atoms with Crippen molar-refractivity contribution in [3.05, 3.63) is 24.3 Å². The molecule has 28 heavy (non-hydrogen) atoms. The largest absolute Gasteiger partial charge is 0.493 e. The molecule has 3 N–H and O–H groups in total. The summed E-state index contributed by atoms with van der Waals surface area (Å²) in [5, 5.41) is 6.35. The van der Waals surface area contributed by atoms with Gasteiger partial charge in [-0.05, 0) is 39.3 Å². The van der Waals surface area contributed by atoms with Crippen LogP contribution in [0.3, 0.4) is 0 Å². The Morgan fingerprint density at radius 1 is 1.14 bits per heavy atom. The van der Waals surface area contributed by atoms with Crippen LogP contribution in [0.15, 0.2) is 29.3 Å². The molecule has 0 amide bonds. The van der Waals surface area contributed by atoms with Crippen LogP contribution < -0.4 is 24.8 Å². The number of halogens is 1. The number of hydrogen-bond donors (Lipinski definition) is 3. The van der Waals surface area contributed by atoms with Gasteiger partial charge in [0.1, 0.15) is 6.10 Å². The maximum Gasteiger partial charge on any atom is 0.211 e. The molecule has 10 heteroatoms. The molecule has 0 aliphatic carbocycles. The molecule has 0 aliphatic heterocycles. The van der Waals surface area contributed by atoms with E-state index >= 15 is 0 Å². The van der Waals surface area contributed by atoms with Gasteiger partial charge in [-0.15, -0.1) is 24.0 Å². The molecule has 162 valence electrons. The Hall–Kier alpha value is -1.27. The van der Waals surface area contributed by atoms with Crippen molar-refractivity contribution in [2.24, 2.45) is 4.99 Å². The van der Waals surface area contributed by atoms with E-state index in [2.05, 4.69) is 20.3 Å². The highest BCUT2D eigenvalue weighted by Gasteiger charge is 2.09. The zero-order chi connectivity index (χ0) is 20.1. The lowest BCUT2D eigenvalue weighted by atomic mass is 10.3. The number of nitrogens with one attached hydrogen (secondary N) is 3. The summed E-state index contributed by atoms with van der Waals surface area (Å²) in [6, 6.07) is 7.50. The lowest BCUT2D eigenvalue weighted by molar-refractivity contribution is 0.219. The zero-order valence-corrected chi connectivity index (χ0v) is 20.2.